The van der Waals surface area contributed by atoms with Crippen LogP contribution in [-0.4, -0.2) is 4.92 Å². The van der Waals surface area contributed by atoms with Crippen molar-refractivity contribution in [1.82, 2.24) is 0 Å². The van der Waals surface area contributed by atoms with Crippen LogP contribution in [0.2, 0.25) is 0 Å². The van der Waals surface area contributed by atoms with Crippen molar-refractivity contribution in [2.75, 3.05) is 5.32 Å². The molecule has 1 heterocycles. The maximum absolute atomic E-state index is 10.8. The van der Waals surface area contributed by atoms with E-state index in [2.05, 4.69) is 32.4 Å². The van der Waals surface area contributed by atoms with Gasteiger partial charge in [0.1, 0.15) is 17.9 Å². The van der Waals surface area contributed by atoms with Crippen LogP contribution < -0.4 is 9.88 Å². The second-order valence-electron chi connectivity index (χ2n) is 5.26. The van der Waals surface area contributed by atoms with Crippen molar-refractivity contribution in [2.24, 2.45) is 0 Å². The summed E-state index contributed by atoms with van der Waals surface area (Å²) in [6.07, 6.45) is 1.83. The van der Waals surface area contributed by atoms with Crippen molar-refractivity contribution in [3.63, 3.8) is 0 Å². The fourth-order valence-corrected chi connectivity index (χ4v) is 3.79. The van der Waals surface area contributed by atoms with Gasteiger partial charge < -0.3 is 0 Å². The standard InChI is InChI=1S/C18H14BrN3O2S/c1-2-10-21-17(13-6-8-16(9-7-13)22(23)24)12-25-18(21)20-15-5-3-4-14(19)11-15/h2-9,11-12H,1,10H2/p+1. The molecule has 0 radical (unpaired) electrons. The highest BCUT2D eigenvalue weighted by Gasteiger charge is 2.19. The van der Waals surface area contributed by atoms with Gasteiger partial charge in [-0.05, 0) is 30.3 Å². The Labute approximate surface area is 157 Å². The molecule has 1 aromatic heterocycles. The second-order valence-corrected chi connectivity index (χ2v) is 7.04. The molecule has 0 atom stereocenters. The summed E-state index contributed by atoms with van der Waals surface area (Å²) in [5.74, 6) is 0. The second kappa shape index (κ2) is 7.58. The number of anilines is 2. The molecular formula is C18H15BrN3O2S+. The van der Waals surface area contributed by atoms with E-state index in [1.54, 1.807) is 23.5 Å². The maximum Gasteiger partial charge on any atom is 0.339 e. The number of aromatic nitrogens is 1. The van der Waals surface area contributed by atoms with Crippen LogP contribution in [0.4, 0.5) is 16.5 Å². The smallest absolute Gasteiger partial charge is 0.258 e. The van der Waals surface area contributed by atoms with E-state index in [0.29, 0.717) is 6.54 Å². The lowest BCUT2D eigenvalue weighted by Gasteiger charge is -2.04. The molecule has 0 aliphatic heterocycles. The molecule has 0 fully saturated rings. The Morgan fingerprint density at radius 2 is 2.04 bits per heavy atom. The largest absolute Gasteiger partial charge is 0.339 e. The Kier molecular flexibility index (Phi) is 5.25. The van der Waals surface area contributed by atoms with Crippen molar-refractivity contribution < 1.29 is 9.49 Å². The van der Waals surface area contributed by atoms with Gasteiger partial charge in [-0.25, -0.2) is 9.88 Å². The Morgan fingerprint density at radius 1 is 1.28 bits per heavy atom. The molecule has 0 amide bonds. The highest BCUT2D eigenvalue weighted by atomic mass is 79.9. The summed E-state index contributed by atoms with van der Waals surface area (Å²) in [6.45, 7) is 4.46. The number of halogens is 1. The van der Waals surface area contributed by atoms with Crippen LogP contribution in [0.25, 0.3) is 11.3 Å². The first-order chi connectivity index (χ1) is 12.1. The zero-order valence-corrected chi connectivity index (χ0v) is 15.6. The number of hydrogen-bond acceptors (Lipinski definition) is 4. The Morgan fingerprint density at radius 3 is 2.68 bits per heavy atom. The number of nitrogens with one attached hydrogen (secondary N) is 1. The van der Waals surface area contributed by atoms with Gasteiger partial charge in [-0.2, -0.15) is 0 Å². The van der Waals surface area contributed by atoms with Gasteiger partial charge in [-0.15, -0.1) is 0 Å². The molecule has 5 nitrogen and oxygen atoms in total. The van der Waals surface area contributed by atoms with Gasteiger partial charge >= 0.3 is 5.13 Å². The van der Waals surface area contributed by atoms with Gasteiger partial charge in [0.25, 0.3) is 5.69 Å². The van der Waals surface area contributed by atoms with E-state index >= 15 is 0 Å². The number of nitro benzene ring substituents is 1. The highest BCUT2D eigenvalue weighted by molar-refractivity contribution is 9.10. The van der Waals surface area contributed by atoms with Gasteiger partial charge in [-0.3, -0.25) is 10.1 Å². The minimum absolute atomic E-state index is 0.0849. The molecule has 3 rings (SSSR count). The average Bonchev–Trinajstić information content (AvgIpc) is 2.98. The summed E-state index contributed by atoms with van der Waals surface area (Å²) in [6, 6.07) is 14.5. The summed E-state index contributed by atoms with van der Waals surface area (Å²) >= 11 is 5.05. The number of non-ortho nitro benzene ring substituents is 1. The van der Waals surface area contributed by atoms with Crippen molar-refractivity contribution in [3.8, 4) is 11.3 Å². The molecule has 3 aromatic rings. The first kappa shape index (κ1) is 17.3. The van der Waals surface area contributed by atoms with Gasteiger partial charge in [0, 0.05) is 27.5 Å². The van der Waals surface area contributed by atoms with Crippen LogP contribution in [-0.2, 0) is 6.54 Å². The molecule has 7 heteroatoms. The monoisotopic (exact) mass is 416 g/mol. The lowest BCUT2D eigenvalue weighted by Crippen LogP contribution is -2.35. The molecule has 126 valence electrons. The molecule has 2 aromatic carbocycles. The zero-order chi connectivity index (χ0) is 17.8. The van der Waals surface area contributed by atoms with Crippen LogP contribution >= 0.6 is 27.3 Å². The molecular weight excluding hydrogens is 402 g/mol. The number of allylic oxidation sites excluding steroid dienone is 1. The Balaban J connectivity index is 1.96. The van der Waals surface area contributed by atoms with Crippen LogP contribution in [0.5, 0.6) is 0 Å². The van der Waals surface area contributed by atoms with E-state index in [1.165, 1.54) is 12.1 Å². The minimum Gasteiger partial charge on any atom is -0.258 e. The summed E-state index contributed by atoms with van der Waals surface area (Å²) in [7, 11) is 0. The molecule has 0 aliphatic carbocycles. The summed E-state index contributed by atoms with van der Waals surface area (Å²) in [4.78, 5) is 10.4. The summed E-state index contributed by atoms with van der Waals surface area (Å²) in [5, 5.41) is 17.2. The number of benzene rings is 2. The van der Waals surface area contributed by atoms with E-state index in [0.717, 1.165) is 26.5 Å². The molecule has 0 unspecified atom stereocenters. The van der Waals surface area contributed by atoms with Gasteiger partial charge in [0.2, 0.25) is 0 Å². The van der Waals surface area contributed by atoms with Crippen molar-refractivity contribution in [1.29, 1.82) is 0 Å². The third-order valence-corrected chi connectivity index (χ3v) is 4.96. The molecule has 0 saturated heterocycles. The van der Waals surface area contributed by atoms with Crippen molar-refractivity contribution >= 4 is 43.8 Å². The van der Waals surface area contributed by atoms with Gasteiger partial charge in [-0.1, -0.05) is 46.0 Å². The van der Waals surface area contributed by atoms with E-state index in [1.807, 2.05) is 35.7 Å². The third-order valence-electron chi connectivity index (χ3n) is 3.58. The topological polar surface area (TPSA) is 59.0 Å². The first-order valence-electron chi connectivity index (χ1n) is 7.48. The maximum atomic E-state index is 10.8. The van der Waals surface area contributed by atoms with Crippen molar-refractivity contribution in [2.45, 2.75) is 6.54 Å². The fraction of sp³-hybridized carbons (Fsp3) is 0.0556. The van der Waals surface area contributed by atoms with E-state index in [9.17, 15) is 10.1 Å². The summed E-state index contributed by atoms with van der Waals surface area (Å²) in [5.41, 5.74) is 2.97. The zero-order valence-electron chi connectivity index (χ0n) is 13.2. The van der Waals surface area contributed by atoms with Crippen LogP contribution in [0, 0.1) is 10.1 Å². The van der Waals surface area contributed by atoms with Gasteiger partial charge in [0.05, 0.1) is 4.92 Å². The quantitative estimate of drug-likeness (QED) is 0.256. The fourth-order valence-electron chi connectivity index (χ4n) is 2.42. The van der Waals surface area contributed by atoms with E-state index in [4.69, 9.17) is 0 Å². The number of thiazole rings is 1. The van der Waals surface area contributed by atoms with Crippen LogP contribution in [0.1, 0.15) is 0 Å². The van der Waals surface area contributed by atoms with Gasteiger partial charge in [0.15, 0.2) is 0 Å². The molecule has 0 spiro atoms. The Hall–Kier alpha value is -2.51. The molecule has 25 heavy (non-hydrogen) atoms. The van der Waals surface area contributed by atoms with E-state index < -0.39 is 4.92 Å². The summed E-state index contributed by atoms with van der Waals surface area (Å²) < 4.78 is 3.10. The van der Waals surface area contributed by atoms with Crippen molar-refractivity contribution in [3.05, 3.63) is 81.2 Å². The molecule has 0 saturated carbocycles. The first-order valence-corrected chi connectivity index (χ1v) is 9.15. The number of nitrogens with zero attached hydrogens (tertiary/aromatic N) is 2. The van der Waals surface area contributed by atoms with E-state index in [-0.39, 0.29) is 5.69 Å². The Bertz CT molecular complexity index is 922. The number of rotatable bonds is 6. The average molecular weight is 417 g/mol. The lowest BCUT2D eigenvalue weighted by molar-refractivity contribution is -0.657. The highest BCUT2D eigenvalue weighted by Crippen LogP contribution is 2.27. The molecule has 0 bridgehead atoms. The number of hydrogen-bond donors (Lipinski definition) is 1. The lowest BCUT2D eigenvalue weighted by atomic mass is 10.1. The van der Waals surface area contributed by atoms with Crippen LogP contribution in [0.15, 0.2) is 71.0 Å². The predicted octanol–water partition coefficient (Wildman–Crippen LogP) is 5.30. The third kappa shape index (κ3) is 3.94. The normalized spacial score (nSPS) is 10.4. The molecule has 1 N–H and O–H groups in total. The SMILES string of the molecule is C=CC[n+]1c(-c2ccc([N+](=O)[O-])cc2)csc1Nc1cccc(Br)c1. The number of nitro groups is 1. The van der Waals surface area contributed by atoms with Crippen LogP contribution in [0.3, 0.4) is 0 Å². The minimum atomic E-state index is -0.393. The predicted molar refractivity (Wildman–Crippen MR) is 104 cm³/mol. The molecule has 0 aliphatic rings.